The van der Waals surface area contributed by atoms with Gasteiger partial charge in [0.1, 0.15) is 9.79 Å². The highest BCUT2D eigenvalue weighted by molar-refractivity contribution is 7.92. The van der Waals surface area contributed by atoms with Gasteiger partial charge in [-0.05, 0) is 42.7 Å². The molecule has 3 heterocycles. The third-order valence-electron chi connectivity index (χ3n) is 5.70. The first-order valence-corrected chi connectivity index (χ1v) is 13.2. The average Bonchev–Trinajstić information content (AvgIpc) is 3.46. The van der Waals surface area contributed by atoms with E-state index in [4.69, 9.17) is 5.14 Å². The molecule has 6 N–H and O–H groups in total. The number of H-pyrrole nitrogens is 1. The van der Waals surface area contributed by atoms with Gasteiger partial charge in [-0.25, -0.2) is 26.7 Å². The summed E-state index contributed by atoms with van der Waals surface area (Å²) in [6, 6.07) is 2.02. The van der Waals surface area contributed by atoms with Crippen molar-refractivity contribution < 1.29 is 26.7 Å². The summed E-state index contributed by atoms with van der Waals surface area (Å²) in [5.74, 6) is -0.814. The van der Waals surface area contributed by atoms with E-state index < -0.39 is 35.9 Å². The predicted octanol–water partition coefficient (Wildman–Crippen LogP) is -2.11. The Morgan fingerprint density at radius 3 is 2.61 bits per heavy atom. The van der Waals surface area contributed by atoms with Crippen LogP contribution in [0, 0.1) is 5.92 Å². The molecular formula is C17H24N8O6S2. The number of aliphatic hydroxyl groups excluding tert-OH is 1. The molecule has 180 valence electrons. The van der Waals surface area contributed by atoms with Crippen LogP contribution in [0.3, 0.4) is 0 Å². The summed E-state index contributed by atoms with van der Waals surface area (Å²) >= 11 is 0. The van der Waals surface area contributed by atoms with E-state index in [0.29, 0.717) is 25.9 Å². The number of tetrazole rings is 1. The van der Waals surface area contributed by atoms with Crippen molar-refractivity contribution in [3.8, 4) is 11.4 Å². The topological polar surface area (TPSA) is 213 Å². The molecule has 0 spiro atoms. The SMILES string of the molecule is NS(=O)(=O)c1c(S(=O)(=O)N[C@@H]2CCNC2)ccc(N2CCC(CO)CC2=O)c1-c1nn[nH]n1. The highest BCUT2D eigenvalue weighted by atomic mass is 32.2. The van der Waals surface area contributed by atoms with E-state index >= 15 is 0 Å². The number of primary sulfonamides is 1. The van der Waals surface area contributed by atoms with Gasteiger partial charge in [-0.1, -0.05) is 0 Å². The van der Waals surface area contributed by atoms with Crippen LogP contribution in [0.5, 0.6) is 0 Å². The minimum absolute atomic E-state index is 0.0448. The quantitative estimate of drug-likeness (QED) is 0.279. The molecule has 0 saturated carbocycles. The summed E-state index contributed by atoms with van der Waals surface area (Å²) in [7, 11) is -8.95. The molecule has 1 amide bonds. The fourth-order valence-corrected chi connectivity index (χ4v) is 6.97. The lowest BCUT2D eigenvalue weighted by molar-refractivity contribution is -0.121. The number of benzene rings is 1. The molecular weight excluding hydrogens is 476 g/mol. The van der Waals surface area contributed by atoms with E-state index in [2.05, 4.69) is 30.7 Å². The number of nitrogens with one attached hydrogen (secondary N) is 3. The van der Waals surface area contributed by atoms with Crippen molar-refractivity contribution in [3.63, 3.8) is 0 Å². The van der Waals surface area contributed by atoms with Gasteiger partial charge in [-0.15, -0.1) is 10.2 Å². The monoisotopic (exact) mass is 500 g/mol. The van der Waals surface area contributed by atoms with Gasteiger partial charge in [-0.2, -0.15) is 5.21 Å². The number of rotatable bonds is 7. The minimum Gasteiger partial charge on any atom is -0.396 e. The van der Waals surface area contributed by atoms with Crippen LogP contribution in [0.25, 0.3) is 11.4 Å². The van der Waals surface area contributed by atoms with Gasteiger partial charge in [0.15, 0.2) is 0 Å². The molecule has 1 aromatic carbocycles. The van der Waals surface area contributed by atoms with Crippen LogP contribution in [-0.4, -0.2) is 80.8 Å². The first-order valence-electron chi connectivity index (χ1n) is 10.2. The Labute approximate surface area is 190 Å². The predicted molar refractivity (Wildman–Crippen MR) is 115 cm³/mol. The Balaban J connectivity index is 1.91. The Hall–Kier alpha value is -2.50. The second-order valence-electron chi connectivity index (χ2n) is 7.97. The van der Waals surface area contributed by atoms with Crippen molar-refractivity contribution in [1.82, 2.24) is 30.7 Å². The summed E-state index contributed by atoms with van der Waals surface area (Å²) in [5, 5.41) is 31.2. The normalized spacial score (nSPS) is 22.1. The molecule has 2 aromatic rings. The molecule has 16 heteroatoms. The molecule has 2 fully saturated rings. The molecule has 0 radical (unpaired) electrons. The zero-order valence-electron chi connectivity index (χ0n) is 17.4. The molecule has 33 heavy (non-hydrogen) atoms. The van der Waals surface area contributed by atoms with Crippen molar-refractivity contribution in [2.24, 2.45) is 11.1 Å². The van der Waals surface area contributed by atoms with Gasteiger partial charge in [0.05, 0.1) is 11.3 Å². The largest absolute Gasteiger partial charge is 0.396 e. The number of hydrogen-bond acceptors (Lipinski definition) is 10. The third-order valence-corrected chi connectivity index (χ3v) is 8.38. The molecule has 14 nitrogen and oxygen atoms in total. The van der Waals surface area contributed by atoms with Crippen LogP contribution in [0.4, 0.5) is 5.69 Å². The number of aromatic nitrogens is 4. The van der Waals surface area contributed by atoms with Gasteiger partial charge < -0.3 is 15.3 Å². The highest BCUT2D eigenvalue weighted by Gasteiger charge is 2.36. The molecule has 4 rings (SSSR count). The number of aliphatic hydroxyl groups is 1. The Bertz CT molecular complexity index is 1240. The summed E-state index contributed by atoms with van der Waals surface area (Å²) in [6.07, 6.45) is 1.05. The molecule has 2 aliphatic heterocycles. The lowest BCUT2D eigenvalue weighted by Crippen LogP contribution is -2.40. The molecule has 0 aliphatic carbocycles. The Kier molecular flexibility index (Phi) is 6.47. The highest BCUT2D eigenvalue weighted by Crippen LogP contribution is 2.39. The Morgan fingerprint density at radius 2 is 2.03 bits per heavy atom. The molecule has 2 saturated heterocycles. The van der Waals surface area contributed by atoms with Crippen molar-refractivity contribution >= 4 is 31.6 Å². The fourth-order valence-electron chi connectivity index (χ4n) is 4.10. The van der Waals surface area contributed by atoms with E-state index in [1.54, 1.807) is 0 Å². The number of hydrogen-bond donors (Lipinski definition) is 5. The number of carbonyl (C=O) groups is 1. The number of piperidine rings is 1. The zero-order chi connectivity index (χ0) is 23.8. The van der Waals surface area contributed by atoms with Crippen molar-refractivity contribution in [1.29, 1.82) is 0 Å². The lowest BCUT2D eigenvalue weighted by Gasteiger charge is -2.32. The van der Waals surface area contributed by atoms with E-state index in [1.807, 2.05) is 0 Å². The van der Waals surface area contributed by atoms with Gasteiger partial charge in [0, 0.05) is 32.2 Å². The van der Waals surface area contributed by atoms with Crippen molar-refractivity contribution in [2.75, 3.05) is 31.1 Å². The van der Waals surface area contributed by atoms with Crippen LogP contribution in [0.15, 0.2) is 21.9 Å². The van der Waals surface area contributed by atoms with Gasteiger partial charge in [0.2, 0.25) is 31.8 Å². The molecule has 1 aromatic heterocycles. The smallest absolute Gasteiger partial charge is 0.242 e. The first-order chi connectivity index (χ1) is 15.6. The number of amides is 1. The zero-order valence-corrected chi connectivity index (χ0v) is 19.1. The maximum absolute atomic E-state index is 13.2. The average molecular weight is 501 g/mol. The van der Waals surface area contributed by atoms with Crippen LogP contribution >= 0.6 is 0 Å². The van der Waals surface area contributed by atoms with Crippen LogP contribution in [-0.2, 0) is 24.8 Å². The van der Waals surface area contributed by atoms with Crippen LogP contribution in [0.1, 0.15) is 19.3 Å². The minimum atomic E-state index is -4.64. The number of nitrogens with two attached hydrogens (primary N) is 1. The molecule has 2 aliphatic rings. The van der Waals surface area contributed by atoms with E-state index in [9.17, 15) is 26.7 Å². The number of carbonyl (C=O) groups excluding carboxylic acids is 1. The van der Waals surface area contributed by atoms with E-state index in [1.165, 1.54) is 11.0 Å². The molecule has 0 bridgehead atoms. The lowest BCUT2D eigenvalue weighted by atomic mass is 9.96. The van der Waals surface area contributed by atoms with Gasteiger partial charge >= 0.3 is 0 Å². The van der Waals surface area contributed by atoms with Crippen molar-refractivity contribution in [2.45, 2.75) is 35.1 Å². The first kappa shape index (κ1) is 23.7. The summed E-state index contributed by atoms with van der Waals surface area (Å²) < 4.78 is 54.3. The third kappa shape index (κ3) is 4.75. The fraction of sp³-hybridized carbons (Fsp3) is 0.529. The second-order valence-corrected chi connectivity index (χ2v) is 11.1. The Morgan fingerprint density at radius 1 is 1.24 bits per heavy atom. The number of anilines is 1. The van der Waals surface area contributed by atoms with Crippen LogP contribution < -0.4 is 20.1 Å². The summed E-state index contributed by atoms with van der Waals surface area (Å²) in [4.78, 5) is 12.8. The van der Waals surface area contributed by atoms with Gasteiger partial charge in [0.25, 0.3) is 0 Å². The number of nitrogens with zero attached hydrogens (tertiary/aromatic N) is 4. The molecule has 1 unspecified atom stereocenters. The second kappa shape index (κ2) is 9.03. The maximum atomic E-state index is 13.2. The van der Waals surface area contributed by atoms with E-state index in [-0.39, 0.29) is 48.5 Å². The van der Waals surface area contributed by atoms with E-state index in [0.717, 1.165) is 6.07 Å². The summed E-state index contributed by atoms with van der Waals surface area (Å²) in [5.41, 5.74) is -0.155. The van der Waals surface area contributed by atoms with Crippen molar-refractivity contribution in [3.05, 3.63) is 12.1 Å². The number of sulfonamides is 2. The standard InChI is InChI=1S/C17H24N8O6S2/c18-32(28,29)16-13(33(30,31)22-11-3-5-19-8-11)2-1-12(15(16)17-20-23-24-21-17)25-6-4-10(9-26)7-14(25)27/h1-2,10-11,19,22,26H,3-9H2,(H2,18,28,29)(H,20,21,23,24)/t10?,11-/m1/s1. The van der Waals surface area contributed by atoms with Crippen LogP contribution in [0.2, 0.25) is 0 Å². The molecule has 2 atom stereocenters. The maximum Gasteiger partial charge on any atom is 0.242 e. The summed E-state index contributed by atoms with van der Waals surface area (Å²) in [6.45, 7) is 1.04. The van der Waals surface area contributed by atoms with Gasteiger partial charge in [-0.3, -0.25) is 4.79 Å². The number of aromatic amines is 1.